The number of rotatable bonds is 3. The number of hydrogen-bond acceptors (Lipinski definition) is 2. The van der Waals surface area contributed by atoms with Crippen LogP contribution < -0.4 is 5.32 Å². The summed E-state index contributed by atoms with van der Waals surface area (Å²) in [6.45, 7) is 3.78. The highest BCUT2D eigenvalue weighted by Crippen LogP contribution is 2.33. The van der Waals surface area contributed by atoms with Crippen molar-refractivity contribution in [3.05, 3.63) is 0 Å². The Morgan fingerprint density at radius 1 is 1.73 bits per heavy atom. The minimum Gasteiger partial charge on any atom is -0.316 e. The van der Waals surface area contributed by atoms with E-state index < -0.39 is 0 Å². The maximum absolute atomic E-state index is 11.1. The molecule has 0 aromatic rings. The Labute approximate surface area is 72.3 Å². The number of hydrogen-bond donors (Lipinski definition) is 1. The topological polar surface area (TPSA) is 29.1 Å². The SMILES string of the molecule is CCC[C@]1(C(=O)Cl)CCNC1. The average Bonchev–Trinajstić information content (AvgIpc) is 2.38. The fourth-order valence-corrected chi connectivity index (χ4v) is 1.96. The number of carbonyl (C=O) groups excluding carboxylic acids is 1. The van der Waals surface area contributed by atoms with Crippen molar-refractivity contribution < 1.29 is 4.79 Å². The molecule has 0 amide bonds. The van der Waals surface area contributed by atoms with Crippen LogP contribution in [0.5, 0.6) is 0 Å². The molecule has 2 nitrogen and oxygen atoms in total. The minimum atomic E-state index is -0.240. The molecular weight excluding hydrogens is 162 g/mol. The molecule has 0 aromatic heterocycles. The molecule has 1 atom stereocenters. The standard InChI is InChI=1S/C8H14ClNO/c1-2-3-8(7(9)11)4-5-10-6-8/h10H,2-6H2,1H3/t8-/m0/s1. The van der Waals surface area contributed by atoms with Gasteiger partial charge in [-0.3, -0.25) is 4.79 Å². The second-order valence-corrected chi connectivity index (χ2v) is 3.57. The van der Waals surface area contributed by atoms with Crippen LogP contribution in [0.3, 0.4) is 0 Å². The van der Waals surface area contributed by atoms with Crippen molar-refractivity contribution >= 4 is 16.8 Å². The van der Waals surface area contributed by atoms with Crippen LogP contribution in [0.25, 0.3) is 0 Å². The van der Waals surface area contributed by atoms with Crippen LogP contribution in [-0.2, 0) is 4.79 Å². The molecule has 1 heterocycles. The maximum atomic E-state index is 11.1. The van der Waals surface area contributed by atoms with Crippen LogP contribution in [0.1, 0.15) is 26.2 Å². The Hall–Kier alpha value is -0.0800. The van der Waals surface area contributed by atoms with Gasteiger partial charge in [0.2, 0.25) is 5.24 Å². The normalized spacial score (nSPS) is 30.7. The third-order valence-corrected chi connectivity index (χ3v) is 2.79. The van der Waals surface area contributed by atoms with Gasteiger partial charge in [0.1, 0.15) is 0 Å². The first-order chi connectivity index (χ1) is 5.21. The lowest BCUT2D eigenvalue weighted by molar-refractivity contribution is -0.120. The van der Waals surface area contributed by atoms with E-state index in [9.17, 15) is 4.79 Å². The van der Waals surface area contributed by atoms with Gasteiger partial charge in [-0.25, -0.2) is 0 Å². The predicted octanol–water partition coefficient (Wildman–Crippen LogP) is 1.53. The zero-order chi connectivity index (χ0) is 8.32. The minimum absolute atomic E-state index is 0.163. The van der Waals surface area contributed by atoms with E-state index in [4.69, 9.17) is 11.6 Å². The van der Waals surface area contributed by atoms with Crippen LogP contribution in [0.2, 0.25) is 0 Å². The van der Waals surface area contributed by atoms with Crippen LogP contribution in [0.4, 0.5) is 0 Å². The monoisotopic (exact) mass is 175 g/mol. The molecule has 0 bridgehead atoms. The van der Waals surface area contributed by atoms with Gasteiger partial charge in [0.05, 0.1) is 5.41 Å². The third-order valence-electron chi connectivity index (χ3n) is 2.39. The van der Waals surface area contributed by atoms with E-state index in [-0.39, 0.29) is 10.7 Å². The molecule has 1 rings (SSSR count). The van der Waals surface area contributed by atoms with E-state index in [2.05, 4.69) is 12.2 Å². The van der Waals surface area contributed by atoms with Gasteiger partial charge in [0.25, 0.3) is 0 Å². The van der Waals surface area contributed by atoms with Crippen molar-refractivity contribution in [2.45, 2.75) is 26.2 Å². The fourth-order valence-electron chi connectivity index (χ4n) is 1.70. The van der Waals surface area contributed by atoms with E-state index in [0.29, 0.717) is 0 Å². The smallest absolute Gasteiger partial charge is 0.229 e. The van der Waals surface area contributed by atoms with E-state index in [1.165, 1.54) is 0 Å². The van der Waals surface area contributed by atoms with Gasteiger partial charge >= 0.3 is 0 Å². The Balaban J connectivity index is 2.62. The quantitative estimate of drug-likeness (QED) is 0.660. The van der Waals surface area contributed by atoms with E-state index >= 15 is 0 Å². The van der Waals surface area contributed by atoms with Crippen LogP contribution in [0, 0.1) is 5.41 Å². The molecule has 0 unspecified atom stereocenters. The van der Waals surface area contributed by atoms with E-state index in [1.807, 2.05) is 0 Å². The Morgan fingerprint density at radius 3 is 2.82 bits per heavy atom. The summed E-state index contributed by atoms with van der Waals surface area (Å²) in [4.78, 5) is 11.1. The summed E-state index contributed by atoms with van der Waals surface area (Å²) in [6.07, 6.45) is 2.85. The van der Waals surface area contributed by atoms with Gasteiger partial charge in [-0.15, -0.1) is 0 Å². The Kier molecular flexibility index (Phi) is 2.90. The van der Waals surface area contributed by atoms with Gasteiger partial charge in [-0.05, 0) is 31.0 Å². The summed E-state index contributed by atoms with van der Waals surface area (Å²) in [5.74, 6) is 0. The lowest BCUT2D eigenvalue weighted by Crippen LogP contribution is -2.30. The van der Waals surface area contributed by atoms with Crippen molar-refractivity contribution in [1.29, 1.82) is 0 Å². The highest BCUT2D eigenvalue weighted by molar-refractivity contribution is 6.64. The molecule has 11 heavy (non-hydrogen) atoms. The zero-order valence-electron chi connectivity index (χ0n) is 6.82. The van der Waals surface area contributed by atoms with E-state index in [1.54, 1.807) is 0 Å². The third kappa shape index (κ3) is 1.74. The molecule has 0 aromatic carbocycles. The van der Waals surface area contributed by atoms with Crippen molar-refractivity contribution in [3.63, 3.8) is 0 Å². The van der Waals surface area contributed by atoms with E-state index in [0.717, 1.165) is 32.4 Å². The summed E-state index contributed by atoms with van der Waals surface area (Å²) in [7, 11) is 0. The van der Waals surface area contributed by atoms with Crippen LogP contribution in [0.15, 0.2) is 0 Å². The first-order valence-corrected chi connectivity index (χ1v) is 4.50. The molecule has 0 aliphatic carbocycles. The number of nitrogens with one attached hydrogen (secondary N) is 1. The van der Waals surface area contributed by atoms with Crippen molar-refractivity contribution in [2.75, 3.05) is 13.1 Å². The van der Waals surface area contributed by atoms with Gasteiger partial charge in [0.15, 0.2) is 0 Å². The van der Waals surface area contributed by atoms with Crippen LogP contribution >= 0.6 is 11.6 Å². The summed E-state index contributed by atoms with van der Waals surface area (Å²) >= 11 is 5.54. The molecule has 1 aliphatic heterocycles. The maximum Gasteiger partial charge on any atom is 0.229 e. The Morgan fingerprint density at radius 2 is 2.45 bits per heavy atom. The molecule has 1 N–H and O–H groups in total. The molecule has 0 spiro atoms. The number of halogens is 1. The first kappa shape index (κ1) is 9.01. The summed E-state index contributed by atoms with van der Waals surface area (Å²) in [6, 6.07) is 0. The van der Waals surface area contributed by atoms with Crippen molar-refractivity contribution in [1.82, 2.24) is 5.32 Å². The highest BCUT2D eigenvalue weighted by Gasteiger charge is 2.38. The summed E-state index contributed by atoms with van der Waals surface area (Å²) in [5, 5.41) is 3.01. The molecule has 1 fully saturated rings. The second-order valence-electron chi connectivity index (χ2n) is 3.23. The molecule has 0 saturated carbocycles. The van der Waals surface area contributed by atoms with Gasteiger partial charge in [0, 0.05) is 6.54 Å². The molecule has 1 saturated heterocycles. The molecule has 0 radical (unpaired) electrons. The second kappa shape index (κ2) is 3.55. The molecule has 1 aliphatic rings. The zero-order valence-corrected chi connectivity index (χ0v) is 7.58. The molecule has 64 valence electrons. The molecular formula is C8H14ClNO. The predicted molar refractivity (Wildman–Crippen MR) is 45.7 cm³/mol. The van der Waals surface area contributed by atoms with Crippen molar-refractivity contribution in [3.8, 4) is 0 Å². The lowest BCUT2D eigenvalue weighted by Gasteiger charge is -2.21. The Bertz CT molecular complexity index is 152. The van der Waals surface area contributed by atoms with Crippen molar-refractivity contribution in [2.24, 2.45) is 5.41 Å². The average molecular weight is 176 g/mol. The van der Waals surface area contributed by atoms with Gasteiger partial charge < -0.3 is 5.32 Å². The first-order valence-electron chi connectivity index (χ1n) is 4.12. The summed E-state index contributed by atoms with van der Waals surface area (Å²) in [5.41, 5.74) is -0.240. The molecule has 3 heteroatoms. The van der Waals surface area contributed by atoms with Gasteiger partial charge in [-0.1, -0.05) is 13.3 Å². The lowest BCUT2D eigenvalue weighted by atomic mass is 9.84. The fraction of sp³-hybridized carbons (Fsp3) is 0.875. The van der Waals surface area contributed by atoms with Crippen LogP contribution in [-0.4, -0.2) is 18.3 Å². The number of carbonyl (C=O) groups is 1. The summed E-state index contributed by atoms with van der Waals surface area (Å²) < 4.78 is 0. The largest absolute Gasteiger partial charge is 0.316 e. The highest BCUT2D eigenvalue weighted by atomic mass is 35.5. The van der Waals surface area contributed by atoms with Gasteiger partial charge in [-0.2, -0.15) is 0 Å².